The molecule has 0 saturated heterocycles. The number of carbonyl (C=O) groups is 1. The zero-order valence-corrected chi connectivity index (χ0v) is 16.1. The zero-order valence-electron chi connectivity index (χ0n) is 16.1. The van der Waals surface area contributed by atoms with Gasteiger partial charge in [-0.2, -0.15) is 0 Å². The number of hydrogen-bond acceptors (Lipinski definition) is 4. The molecule has 1 aliphatic heterocycles. The van der Waals surface area contributed by atoms with Crippen molar-refractivity contribution in [3.8, 4) is 22.8 Å². The van der Waals surface area contributed by atoms with Gasteiger partial charge in [0.2, 0.25) is 0 Å². The van der Waals surface area contributed by atoms with Gasteiger partial charge in [0.1, 0.15) is 0 Å². The molecule has 142 valence electrons. The van der Waals surface area contributed by atoms with E-state index in [0.717, 1.165) is 53.3 Å². The van der Waals surface area contributed by atoms with E-state index in [2.05, 4.69) is 34.1 Å². The average molecular weight is 373 g/mol. The molecule has 3 aromatic heterocycles. The molecular weight excluding hydrogens is 350 g/mol. The van der Waals surface area contributed by atoms with E-state index in [1.54, 1.807) is 6.20 Å². The summed E-state index contributed by atoms with van der Waals surface area (Å²) in [6, 6.07) is 7.84. The molecule has 3 aromatic rings. The van der Waals surface area contributed by atoms with Crippen LogP contribution in [0.4, 0.5) is 0 Å². The molecule has 5 rings (SSSR count). The minimum absolute atomic E-state index is 0.00206. The molecule has 0 atom stereocenters. The first kappa shape index (κ1) is 17.1. The molecule has 6 nitrogen and oxygen atoms in total. The maximum Gasteiger partial charge on any atom is 0.253 e. The Morgan fingerprint density at radius 2 is 2.00 bits per heavy atom. The van der Waals surface area contributed by atoms with Crippen molar-refractivity contribution in [2.24, 2.45) is 0 Å². The number of carbonyl (C=O) groups excluding carboxylic acids is 1. The predicted molar refractivity (Wildman–Crippen MR) is 107 cm³/mol. The summed E-state index contributed by atoms with van der Waals surface area (Å²) in [5.74, 6) is 1.02. The predicted octanol–water partition coefficient (Wildman–Crippen LogP) is 3.82. The summed E-state index contributed by atoms with van der Waals surface area (Å²) in [5.41, 5.74) is 5.49. The van der Waals surface area contributed by atoms with Gasteiger partial charge in [-0.3, -0.25) is 9.78 Å². The number of nitrogens with one attached hydrogen (secondary N) is 2. The summed E-state index contributed by atoms with van der Waals surface area (Å²) >= 11 is 0. The second kappa shape index (κ2) is 6.26. The summed E-state index contributed by atoms with van der Waals surface area (Å²) in [6.45, 7) is 4.97. The van der Waals surface area contributed by atoms with Crippen LogP contribution in [0.25, 0.3) is 22.8 Å². The van der Waals surface area contributed by atoms with Crippen LogP contribution in [0.1, 0.15) is 60.8 Å². The van der Waals surface area contributed by atoms with Crippen molar-refractivity contribution in [1.82, 2.24) is 25.3 Å². The molecule has 1 saturated carbocycles. The van der Waals surface area contributed by atoms with Gasteiger partial charge in [-0.05, 0) is 43.0 Å². The van der Waals surface area contributed by atoms with E-state index in [9.17, 15) is 4.79 Å². The van der Waals surface area contributed by atoms with Crippen LogP contribution >= 0.6 is 0 Å². The summed E-state index contributed by atoms with van der Waals surface area (Å²) in [4.78, 5) is 29.5. The molecule has 6 heteroatoms. The number of nitrogens with zero attached hydrogens (tertiary/aromatic N) is 3. The van der Waals surface area contributed by atoms with Crippen molar-refractivity contribution in [2.75, 3.05) is 6.54 Å². The lowest BCUT2D eigenvalue weighted by Crippen LogP contribution is -2.50. The number of aromatic nitrogens is 4. The third-order valence-electron chi connectivity index (χ3n) is 6.06. The molecule has 2 aliphatic rings. The molecule has 1 amide bonds. The maximum atomic E-state index is 12.4. The minimum Gasteiger partial charge on any atom is -0.356 e. The Bertz CT molecular complexity index is 1050. The molecule has 1 aliphatic carbocycles. The highest BCUT2D eigenvalue weighted by molar-refractivity contribution is 5.98. The van der Waals surface area contributed by atoms with Crippen LogP contribution in [0.3, 0.4) is 0 Å². The van der Waals surface area contributed by atoms with Crippen molar-refractivity contribution in [2.45, 2.75) is 44.4 Å². The number of aromatic amines is 1. The molecule has 0 unspecified atom stereocenters. The number of hydrogen-bond donors (Lipinski definition) is 2. The lowest BCUT2D eigenvalue weighted by molar-refractivity contribution is 0.0893. The van der Waals surface area contributed by atoms with Gasteiger partial charge in [0.25, 0.3) is 5.91 Å². The van der Waals surface area contributed by atoms with Crippen molar-refractivity contribution >= 4 is 5.91 Å². The third kappa shape index (κ3) is 2.63. The second-order valence-corrected chi connectivity index (χ2v) is 8.18. The Kier molecular flexibility index (Phi) is 3.82. The van der Waals surface area contributed by atoms with Crippen LogP contribution in [0, 0.1) is 0 Å². The first-order valence-corrected chi connectivity index (χ1v) is 9.87. The van der Waals surface area contributed by atoms with E-state index < -0.39 is 0 Å². The lowest BCUT2D eigenvalue weighted by atomic mass is 9.64. The molecule has 4 heterocycles. The Labute approximate surface area is 163 Å². The van der Waals surface area contributed by atoms with Crippen LogP contribution in [0.5, 0.6) is 0 Å². The fourth-order valence-electron chi connectivity index (χ4n) is 4.18. The van der Waals surface area contributed by atoms with Crippen molar-refractivity contribution in [1.29, 1.82) is 0 Å². The topological polar surface area (TPSA) is 83.6 Å². The lowest BCUT2D eigenvalue weighted by Gasteiger charge is -2.44. The SMILES string of the molecule is CC(C)c1ccc(-c2nccc(-c3cc4c([nH]3)C3(CCC3)CNC4=O)n2)cn1. The van der Waals surface area contributed by atoms with Gasteiger partial charge < -0.3 is 10.3 Å². The number of H-pyrrole nitrogens is 1. The van der Waals surface area contributed by atoms with Gasteiger partial charge in [-0.25, -0.2) is 9.97 Å². The summed E-state index contributed by atoms with van der Waals surface area (Å²) in [7, 11) is 0. The maximum absolute atomic E-state index is 12.4. The Morgan fingerprint density at radius 3 is 2.68 bits per heavy atom. The van der Waals surface area contributed by atoms with Crippen molar-refractivity contribution in [3.05, 3.63) is 53.6 Å². The first-order valence-electron chi connectivity index (χ1n) is 9.87. The highest BCUT2D eigenvalue weighted by Gasteiger charge is 2.45. The van der Waals surface area contributed by atoms with Gasteiger partial charge >= 0.3 is 0 Å². The minimum atomic E-state index is -0.00206. The van der Waals surface area contributed by atoms with Gasteiger partial charge in [0.15, 0.2) is 5.82 Å². The van der Waals surface area contributed by atoms with Gasteiger partial charge in [0, 0.05) is 41.3 Å². The number of amides is 1. The Balaban J connectivity index is 1.52. The van der Waals surface area contributed by atoms with Gasteiger partial charge in [-0.1, -0.05) is 20.3 Å². The van der Waals surface area contributed by atoms with Crippen molar-refractivity contribution < 1.29 is 4.79 Å². The van der Waals surface area contributed by atoms with Crippen LogP contribution < -0.4 is 5.32 Å². The molecular formula is C22H23N5O. The van der Waals surface area contributed by atoms with Crippen LogP contribution in [-0.2, 0) is 5.41 Å². The fourth-order valence-corrected chi connectivity index (χ4v) is 4.18. The van der Waals surface area contributed by atoms with E-state index in [1.165, 1.54) is 6.42 Å². The Morgan fingerprint density at radius 1 is 1.14 bits per heavy atom. The molecule has 1 spiro atoms. The third-order valence-corrected chi connectivity index (χ3v) is 6.06. The van der Waals surface area contributed by atoms with Crippen LogP contribution in [0.15, 0.2) is 36.7 Å². The van der Waals surface area contributed by atoms with Gasteiger partial charge in [0.05, 0.1) is 17.0 Å². The van der Waals surface area contributed by atoms with E-state index in [4.69, 9.17) is 4.98 Å². The molecule has 1 fully saturated rings. The second-order valence-electron chi connectivity index (χ2n) is 8.18. The van der Waals surface area contributed by atoms with Gasteiger partial charge in [-0.15, -0.1) is 0 Å². The summed E-state index contributed by atoms with van der Waals surface area (Å²) in [6.07, 6.45) is 7.02. The molecule has 0 radical (unpaired) electrons. The average Bonchev–Trinajstić information content (AvgIpc) is 3.14. The highest BCUT2D eigenvalue weighted by atomic mass is 16.1. The monoisotopic (exact) mass is 373 g/mol. The van der Waals surface area contributed by atoms with E-state index in [0.29, 0.717) is 11.7 Å². The van der Waals surface area contributed by atoms with Crippen LogP contribution in [0.2, 0.25) is 0 Å². The standard InChI is InChI=1S/C22H23N5O/c1-13(2)16-5-4-14(11-24-16)20-23-9-6-17(27-20)18-10-15-19(26-18)22(7-3-8-22)12-25-21(15)28/h4-6,9-11,13,26H,3,7-8,12H2,1-2H3,(H,25,28). The summed E-state index contributed by atoms with van der Waals surface area (Å²) < 4.78 is 0. The quantitative estimate of drug-likeness (QED) is 0.731. The molecule has 2 N–H and O–H groups in total. The smallest absolute Gasteiger partial charge is 0.253 e. The fraction of sp³-hybridized carbons (Fsp3) is 0.364. The van der Waals surface area contributed by atoms with Crippen molar-refractivity contribution in [3.63, 3.8) is 0 Å². The number of rotatable bonds is 3. The number of fused-ring (bicyclic) bond motifs is 2. The normalized spacial score (nSPS) is 17.3. The Hall–Kier alpha value is -3.02. The van der Waals surface area contributed by atoms with E-state index in [1.807, 2.05) is 30.5 Å². The number of pyridine rings is 1. The first-order chi connectivity index (χ1) is 13.6. The molecule has 28 heavy (non-hydrogen) atoms. The molecule has 0 bridgehead atoms. The summed E-state index contributed by atoms with van der Waals surface area (Å²) in [5, 5.41) is 3.05. The zero-order chi connectivity index (χ0) is 19.3. The highest BCUT2D eigenvalue weighted by Crippen LogP contribution is 2.46. The van der Waals surface area contributed by atoms with Crippen LogP contribution in [-0.4, -0.2) is 32.4 Å². The van der Waals surface area contributed by atoms with E-state index >= 15 is 0 Å². The largest absolute Gasteiger partial charge is 0.356 e. The van der Waals surface area contributed by atoms with E-state index in [-0.39, 0.29) is 11.3 Å². The molecule has 0 aromatic carbocycles.